The van der Waals surface area contributed by atoms with E-state index in [4.69, 9.17) is 0 Å². The first-order valence-corrected chi connectivity index (χ1v) is 8.82. The second-order valence-electron chi connectivity index (χ2n) is 5.16. The van der Waals surface area contributed by atoms with E-state index in [0.717, 1.165) is 5.56 Å². The molecule has 0 radical (unpaired) electrons. The van der Waals surface area contributed by atoms with Crippen molar-refractivity contribution in [1.29, 1.82) is 0 Å². The van der Waals surface area contributed by atoms with Crippen LogP contribution >= 0.6 is 0 Å². The lowest BCUT2D eigenvalue weighted by atomic mass is 10.1. The Hall–Kier alpha value is -2.19. The van der Waals surface area contributed by atoms with E-state index in [0.29, 0.717) is 12.1 Å². The van der Waals surface area contributed by atoms with Crippen LogP contribution in [0, 0.1) is 0 Å². The number of nitrogens with zero attached hydrogens (tertiary/aromatic N) is 2. The molecule has 0 aliphatic heterocycles. The highest BCUT2D eigenvalue weighted by molar-refractivity contribution is 7.88. The van der Waals surface area contributed by atoms with Gasteiger partial charge in [0.1, 0.15) is 6.04 Å². The second-order valence-corrected chi connectivity index (χ2v) is 7.09. The van der Waals surface area contributed by atoms with Gasteiger partial charge in [0, 0.05) is 18.9 Å². The van der Waals surface area contributed by atoms with E-state index >= 15 is 0 Å². The fourth-order valence-corrected chi connectivity index (χ4v) is 2.79. The summed E-state index contributed by atoms with van der Waals surface area (Å²) in [5.41, 5.74) is 1.59. The highest BCUT2D eigenvalue weighted by atomic mass is 32.2. The minimum atomic E-state index is -3.28. The summed E-state index contributed by atoms with van der Waals surface area (Å²) in [6.45, 7) is 2.15. The SMILES string of the molecule is CNS(=O)(=O)Cc1ccc(CNC(=O)[C@H](C)n2cccn2)cc1. The Morgan fingerprint density at radius 2 is 1.91 bits per heavy atom. The first-order valence-electron chi connectivity index (χ1n) is 7.17. The Morgan fingerprint density at radius 3 is 2.48 bits per heavy atom. The molecule has 0 aliphatic rings. The number of amides is 1. The van der Waals surface area contributed by atoms with Gasteiger partial charge in [0.25, 0.3) is 0 Å². The largest absolute Gasteiger partial charge is 0.350 e. The van der Waals surface area contributed by atoms with Gasteiger partial charge in [-0.1, -0.05) is 24.3 Å². The molecular formula is C15H20N4O3S. The molecule has 0 aliphatic carbocycles. The van der Waals surface area contributed by atoms with Gasteiger partial charge in [-0.2, -0.15) is 5.10 Å². The molecule has 1 heterocycles. The molecule has 0 spiro atoms. The zero-order valence-corrected chi connectivity index (χ0v) is 13.9. The molecule has 1 aromatic heterocycles. The minimum absolute atomic E-state index is 0.0630. The Labute approximate surface area is 135 Å². The van der Waals surface area contributed by atoms with Crippen molar-refractivity contribution in [2.24, 2.45) is 0 Å². The van der Waals surface area contributed by atoms with Gasteiger partial charge in [0.2, 0.25) is 15.9 Å². The Balaban J connectivity index is 1.90. The summed E-state index contributed by atoms with van der Waals surface area (Å²) in [6.07, 6.45) is 3.36. The van der Waals surface area contributed by atoms with Crippen molar-refractivity contribution >= 4 is 15.9 Å². The number of carbonyl (C=O) groups excluding carboxylic acids is 1. The topological polar surface area (TPSA) is 93.1 Å². The molecule has 1 amide bonds. The van der Waals surface area contributed by atoms with E-state index in [1.54, 1.807) is 54.3 Å². The lowest BCUT2D eigenvalue weighted by Crippen LogP contribution is -2.30. The Morgan fingerprint density at radius 1 is 1.26 bits per heavy atom. The van der Waals surface area contributed by atoms with Gasteiger partial charge in [-0.25, -0.2) is 13.1 Å². The molecule has 0 bridgehead atoms. The van der Waals surface area contributed by atoms with Gasteiger partial charge in [-0.15, -0.1) is 0 Å². The van der Waals surface area contributed by atoms with Crippen LogP contribution in [0.5, 0.6) is 0 Å². The Kier molecular flexibility index (Phi) is 5.51. The van der Waals surface area contributed by atoms with Crippen molar-refractivity contribution in [2.45, 2.75) is 25.3 Å². The summed E-state index contributed by atoms with van der Waals surface area (Å²) in [5.74, 6) is -0.192. The van der Waals surface area contributed by atoms with Gasteiger partial charge in [0.15, 0.2) is 0 Å². The lowest BCUT2D eigenvalue weighted by Gasteiger charge is -2.13. The van der Waals surface area contributed by atoms with E-state index in [1.807, 2.05) is 0 Å². The molecule has 1 atom stereocenters. The second kappa shape index (κ2) is 7.38. The zero-order valence-electron chi connectivity index (χ0n) is 13.1. The molecule has 7 nitrogen and oxygen atoms in total. The summed E-state index contributed by atoms with van der Waals surface area (Å²) < 4.78 is 26.8. The van der Waals surface area contributed by atoms with Gasteiger partial charge < -0.3 is 5.32 Å². The zero-order chi connectivity index (χ0) is 16.9. The van der Waals surface area contributed by atoms with Crippen molar-refractivity contribution in [1.82, 2.24) is 19.8 Å². The molecule has 8 heteroatoms. The van der Waals surface area contributed by atoms with Gasteiger partial charge in [0.05, 0.1) is 5.75 Å². The van der Waals surface area contributed by atoms with Crippen molar-refractivity contribution in [2.75, 3.05) is 7.05 Å². The van der Waals surface area contributed by atoms with Crippen LogP contribution in [0.15, 0.2) is 42.7 Å². The molecule has 23 heavy (non-hydrogen) atoms. The maximum Gasteiger partial charge on any atom is 0.244 e. The number of hydrogen-bond donors (Lipinski definition) is 2. The van der Waals surface area contributed by atoms with E-state index in [1.165, 1.54) is 7.05 Å². The molecule has 2 aromatic rings. The molecule has 1 aromatic carbocycles. The van der Waals surface area contributed by atoms with Gasteiger partial charge in [-0.3, -0.25) is 9.48 Å². The third-order valence-electron chi connectivity index (χ3n) is 3.46. The fraction of sp³-hybridized carbons (Fsp3) is 0.333. The van der Waals surface area contributed by atoms with Crippen molar-refractivity contribution in [3.05, 3.63) is 53.9 Å². The van der Waals surface area contributed by atoms with Crippen LogP contribution in [-0.2, 0) is 27.1 Å². The average Bonchev–Trinajstić information content (AvgIpc) is 3.07. The standard InChI is InChI=1S/C15H20N4O3S/c1-12(19-9-3-8-18-19)15(20)17-10-13-4-6-14(7-5-13)11-23(21,22)16-2/h3-9,12,16H,10-11H2,1-2H3,(H,17,20)/t12-/m0/s1. The predicted molar refractivity (Wildman–Crippen MR) is 86.9 cm³/mol. The minimum Gasteiger partial charge on any atom is -0.350 e. The van der Waals surface area contributed by atoms with Crippen molar-refractivity contribution < 1.29 is 13.2 Å². The number of carbonyl (C=O) groups is 1. The number of rotatable bonds is 7. The summed E-state index contributed by atoms with van der Waals surface area (Å²) in [7, 11) is -1.89. The van der Waals surface area contributed by atoms with Crippen LogP contribution in [0.2, 0.25) is 0 Å². The molecule has 0 unspecified atom stereocenters. The predicted octanol–water partition coefficient (Wildman–Crippen LogP) is 0.810. The average molecular weight is 336 g/mol. The highest BCUT2D eigenvalue weighted by Gasteiger charge is 2.14. The number of sulfonamides is 1. The van der Waals surface area contributed by atoms with E-state index in [9.17, 15) is 13.2 Å². The molecule has 124 valence electrons. The normalized spacial score (nSPS) is 12.8. The van der Waals surface area contributed by atoms with Crippen LogP contribution in [-0.4, -0.2) is 31.2 Å². The van der Waals surface area contributed by atoms with Crippen molar-refractivity contribution in [3.8, 4) is 0 Å². The highest BCUT2D eigenvalue weighted by Crippen LogP contribution is 2.09. The van der Waals surface area contributed by atoms with E-state index < -0.39 is 10.0 Å². The van der Waals surface area contributed by atoms with E-state index in [2.05, 4.69) is 15.1 Å². The molecule has 2 N–H and O–H groups in total. The van der Waals surface area contributed by atoms with Crippen LogP contribution < -0.4 is 10.0 Å². The summed E-state index contributed by atoms with van der Waals surface area (Å²) in [4.78, 5) is 12.0. The number of nitrogens with one attached hydrogen (secondary N) is 2. The number of aromatic nitrogens is 2. The van der Waals surface area contributed by atoms with E-state index in [-0.39, 0.29) is 17.7 Å². The molecular weight excluding hydrogens is 316 g/mol. The van der Waals surface area contributed by atoms with Crippen LogP contribution in [0.25, 0.3) is 0 Å². The smallest absolute Gasteiger partial charge is 0.244 e. The maximum absolute atomic E-state index is 12.0. The summed E-state index contributed by atoms with van der Waals surface area (Å²) in [5, 5.41) is 6.87. The third kappa shape index (κ3) is 4.90. The molecule has 0 saturated carbocycles. The first-order chi connectivity index (χ1) is 10.9. The fourth-order valence-electron chi connectivity index (χ4n) is 2.01. The Bertz CT molecular complexity index is 740. The van der Waals surface area contributed by atoms with Crippen molar-refractivity contribution in [3.63, 3.8) is 0 Å². The summed E-state index contributed by atoms with van der Waals surface area (Å²) in [6, 6.07) is 8.48. The first kappa shape index (κ1) is 17.2. The quantitative estimate of drug-likeness (QED) is 0.782. The van der Waals surface area contributed by atoms with Crippen LogP contribution in [0.3, 0.4) is 0 Å². The molecule has 0 fully saturated rings. The maximum atomic E-state index is 12.0. The number of benzene rings is 1. The lowest BCUT2D eigenvalue weighted by molar-refractivity contribution is -0.124. The molecule has 2 rings (SSSR count). The molecule has 0 saturated heterocycles. The van der Waals surface area contributed by atoms with Crippen LogP contribution in [0.1, 0.15) is 24.1 Å². The monoisotopic (exact) mass is 336 g/mol. The third-order valence-corrected chi connectivity index (χ3v) is 4.79. The van der Waals surface area contributed by atoms with Gasteiger partial charge >= 0.3 is 0 Å². The van der Waals surface area contributed by atoms with Crippen LogP contribution in [0.4, 0.5) is 0 Å². The number of hydrogen-bond acceptors (Lipinski definition) is 4. The van der Waals surface area contributed by atoms with Gasteiger partial charge in [-0.05, 0) is 31.2 Å². The summed E-state index contributed by atoms with van der Waals surface area (Å²) >= 11 is 0.